The van der Waals surface area contributed by atoms with Crippen LogP contribution in [0.5, 0.6) is 0 Å². The zero-order valence-electron chi connectivity index (χ0n) is 54.1. The fraction of sp³-hybridized carbons (Fsp3) is 0. The van der Waals surface area contributed by atoms with E-state index in [4.69, 9.17) is 4.98 Å². The molecule has 0 radical (unpaired) electrons. The van der Waals surface area contributed by atoms with Crippen LogP contribution in [0.25, 0.3) is 172 Å². The minimum Gasteiger partial charge on any atom is -0.316 e. The summed E-state index contributed by atoms with van der Waals surface area (Å²) in [5.41, 5.74) is 24.3. The number of para-hydroxylation sites is 9. The molecule has 0 amide bonds. The Balaban J connectivity index is 0.000000139. The minimum absolute atomic E-state index is 0.519. The van der Waals surface area contributed by atoms with Gasteiger partial charge in [0.25, 0.3) is 0 Å². The summed E-state index contributed by atoms with van der Waals surface area (Å²) in [6.07, 6.45) is 8.13. The highest BCUT2D eigenvalue weighted by Gasteiger charge is 2.18. The lowest BCUT2D eigenvalue weighted by Gasteiger charge is -2.11. The fourth-order valence-corrected chi connectivity index (χ4v) is 14.7. The van der Waals surface area contributed by atoms with Crippen LogP contribution >= 0.6 is 0 Å². The normalized spacial score (nSPS) is 11.7. The maximum absolute atomic E-state index is 4.89. The highest BCUT2D eigenvalue weighted by atomic mass is 15.0. The van der Waals surface area contributed by atoms with Gasteiger partial charge >= 0.3 is 0 Å². The summed E-state index contributed by atoms with van der Waals surface area (Å²) < 4.78 is 9.38. The molecule has 20 rings (SSSR count). The SMILES string of the molecule is C(#Cc1ncc2ccccc2n1)c1ccc2c(c1)c1ccccc1n2-c1cccc(-c2ccc3c(c2)c2ccccc2n3-c2ccccc2)c1.C(=C/n1c2ccccc2c2cc(-c3cccc(-c4cnc5ccccc5n4)c3)ccc21)/c1ccc2c(c1)c1ccccc1n2-c1ccccc1. The number of rotatable bonds is 8. The monoisotopic (exact) mass is 1270 g/mol. The predicted molar refractivity (Wildman–Crippen MR) is 415 cm³/mol. The number of nitrogens with zero attached hydrogens (tertiary/aromatic N) is 8. The molecule has 0 aliphatic heterocycles. The summed E-state index contributed by atoms with van der Waals surface area (Å²) >= 11 is 0. The lowest BCUT2D eigenvalue weighted by Crippen LogP contribution is -1.94. The Morgan fingerprint density at radius 3 is 1.41 bits per heavy atom. The molecule has 466 valence electrons. The van der Waals surface area contributed by atoms with Crippen molar-refractivity contribution in [3.63, 3.8) is 0 Å². The van der Waals surface area contributed by atoms with Gasteiger partial charge in [-0.3, -0.25) is 4.98 Å². The molecule has 6 aromatic heterocycles. The van der Waals surface area contributed by atoms with Gasteiger partial charge in [0.2, 0.25) is 5.82 Å². The third-order valence-electron chi connectivity index (χ3n) is 19.4. The molecule has 20 aromatic rings. The first-order valence-corrected chi connectivity index (χ1v) is 33.7. The zero-order valence-corrected chi connectivity index (χ0v) is 54.1. The smallest absolute Gasteiger partial charge is 0.205 e. The second kappa shape index (κ2) is 24.2. The summed E-state index contributed by atoms with van der Waals surface area (Å²) in [5, 5.41) is 10.8. The van der Waals surface area contributed by atoms with Crippen LogP contribution in [0, 0.1) is 11.8 Å². The van der Waals surface area contributed by atoms with Crippen molar-refractivity contribution in [2.45, 2.75) is 0 Å². The Kier molecular flexibility index (Phi) is 13.9. The number of benzene rings is 14. The molecule has 0 aliphatic rings. The lowest BCUT2D eigenvalue weighted by molar-refractivity contribution is 1.17. The van der Waals surface area contributed by atoms with Gasteiger partial charge in [-0.05, 0) is 179 Å². The largest absolute Gasteiger partial charge is 0.316 e. The van der Waals surface area contributed by atoms with Crippen molar-refractivity contribution in [1.82, 2.24) is 38.2 Å². The average Bonchev–Trinajstić information content (AvgIpc) is 1.61. The van der Waals surface area contributed by atoms with Gasteiger partial charge in [-0.25, -0.2) is 15.0 Å². The summed E-state index contributed by atoms with van der Waals surface area (Å²) in [5.74, 6) is 7.02. The van der Waals surface area contributed by atoms with Crippen LogP contribution in [-0.2, 0) is 0 Å². The third kappa shape index (κ3) is 10.1. The highest BCUT2D eigenvalue weighted by molar-refractivity contribution is 6.14. The summed E-state index contributed by atoms with van der Waals surface area (Å²) in [6.45, 7) is 0. The summed E-state index contributed by atoms with van der Waals surface area (Å²) in [4.78, 5) is 18.6. The standard InChI is InChI=1S/C46H30N4.C46H28N4/c1-2-13-35(14-3-1)50-45-20-9-5-16-37(45)38-27-31(21-23-46(38)50)25-26-49-43-19-8-4-15-36(43)39-29-33(22-24-44(39)49)32-11-10-12-34(28-32)42-30-47-40-17-6-7-18-41(40)48-42;1-2-13-35(14-3-1)49-42-19-8-6-17-38(42)40-29-33(23-25-45(40)49)32-12-10-15-36(28-32)50-43-20-9-5-16-37(43)39-27-31(21-24-44(39)50)22-26-46-47-30-34-11-4-7-18-41(34)48-46/h1-30H;1-21,23-25,27-30H/b26-25-;. The molecular weight excluding hydrogens is 1220 g/mol. The molecule has 6 heterocycles. The van der Waals surface area contributed by atoms with Crippen molar-refractivity contribution < 1.29 is 0 Å². The molecule has 100 heavy (non-hydrogen) atoms. The lowest BCUT2D eigenvalue weighted by atomic mass is 10.00. The van der Waals surface area contributed by atoms with E-state index in [1.54, 1.807) is 0 Å². The first-order chi connectivity index (χ1) is 49.6. The molecule has 0 unspecified atom stereocenters. The van der Waals surface area contributed by atoms with E-state index in [0.29, 0.717) is 5.82 Å². The van der Waals surface area contributed by atoms with E-state index in [1.807, 2.05) is 60.9 Å². The van der Waals surface area contributed by atoms with Crippen LogP contribution in [0.3, 0.4) is 0 Å². The van der Waals surface area contributed by atoms with Gasteiger partial charge in [0.1, 0.15) is 0 Å². The van der Waals surface area contributed by atoms with Crippen molar-refractivity contribution in [2.24, 2.45) is 0 Å². The second-order valence-corrected chi connectivity index (χ2v) is 25.3. The third-order valence-corrected chi connectivity index (χ3v) is 19.4. The van der Waals surface area contributed by atoms with E-state index in [-0.39, 0.29) is 0 Å². The van der Waals surface area contributed by atoms with Gasteiger partial charge in [0, 0.05) is 89.1 Å². The van der Waals surface area contributed by atoms with E-state index < -0.39 is 0 Å². The van der Waals surface area contributed by atoms with Crippen molar-refractivity contribution in [3.8, 4) is 62.4 Å². The van der Waals surface area contributed by atoms with Crippen molar-refractivity contribution in [3.05, 3.63) is 357 Å². The predicted octanol–water partition coefficient (Wildman–Crippen LogP) is 22.7. The quantitative estimate of drug-likeness (QED) is 0.142. The Morgan fingerprint density at radius 1 is 0.270 bits per heavy atom. The Bertz CT molecular complexity index is 6740. The zero-order chi connectivity index (χ0) is 66.0. The molecule has 14 aromatic carbocycles. The first-order valence-electron chi connectivity index (χ1n) is 33.7. The maximum atomic E-state index is 4.89. The average molecular weight is 1280 g/mol. The molecule has 0 saturated heterocycles. The molecule has 0 bridgehead atoms. The van der Waals surface area contributed by atoms with Crippen molar-refractivity contribution in [1.29, 1.82) is 0 Å². The maximum Gasteiger partial charge on any atom is 0.205 e. The van der Waals surface area contributed by atoms with E-state index in [1.165, 1.54) is 93.2 Å². The van der Waals surface area contributed by atoms with Crippen molar-refractivity contribution >= 4 is 121 Å². The second-order valence-electron chi connectivity index (χ2n) is 25.3. The molecule has 0 fully saturated rings. The summed E-state index contributed by atoms with van der Waals surface area (Å²) in [6, 6.07) is 116. The first kappa shape index (κ1) is 57.7. The van der Waals surface area contributed by atoms with Crippen LogP contribution in [-0.4, -0.2) is 38.2 Å². The van der Waals surface area contributed by atoms with Crippen LogP contribution in [0.15, 0.2) is 340 Å². The van der Waals surface area contributed by atoms with Gasteiger partial charge < -0.3 is 18.3 Å². The molecule has 0 spiro atoms. The van der Waals surface area contributed by atoms with Gasteiger partial charge in [-0.1, -0.05) is 194 Å². The number of fused-ring (bicyclic) bond motifs is 14. The van der Waals surface area contributed by atoms with Gasteiger partial charge in [0.05, 0.1) is 72.6 Å². The number of aromatic nitrogens is 8. The van der Waals surface area contributed by atoms with Crippen LogP contribution in [0.4, 0.5) is 0 Å². The number of hydrogen-bond donors (Lipinski definition) is 0. The Morgan fingerprint density at radius 2 is 0.730 bits per heavy atom. The van der Waals surface area contributed by atoms with Crippen molar-refractivity contribution in [2.75, 3.05) is 0 Å². The molecule has 0 N–H and O–H groups in total. The van der Waals surface area contributed by atoms with E-state index >= 15 is 0 Å². The van der Waals surface area contributed by atoms with Gasteiger partial charge in [-0.15, -0.1) is 0 Å². The van der Waals surface area contributed by atoms with E-state index in [0.717, 1.165) is 77.7 Å². The molecule has 0 aliphatic carbocycles. The van der Waals surface area contributed by atoms with Crippen LogP contribution < -0.4 is 0 Å². The van der Waals surface area contributed by atoms with E-state index in [9.17, 15) is 0 Å². The molecule has 0 saturated carbocycles. The van der Waals surface area contributed by atoms with Gasteiger partial charge in [-0.2, -0.15) is 0 Å². The van der Waals surface area contributed by atoms with Crippen LogP contribution in [0.2, 0.25) is 0 Å². The molecular formula is C92H58N8. The van der Waals surface area contributed by atoms with Gasteiger partial charge in [0.15, 0.2) is 0 Å². The molecule has 0 atom stereocenters. The molecule has 8 nitrogen and oxygen atoms in total. The Hall–Kier alpha value is -13.7. The fourth-order valence-electron chi connectivity index (χ4n) is 14.7. The van der Waals surface area contributed by atoms with E-state index in [2.05, 4.69) is 336 Å². The topological polar surface area (TPSA) is 71.3 Å². The highest BCUT2D eigenvalue weighted by Crippen LogP contribution is 2.40. The molecule has 8 heteroatoms. The number of hydrogen-bond acceptors (Lipinski definition) is 4. The minimum atomic E-state index is 0.519. The van der Waals surface area contributed by atoms with Crippen LogP contribution in [0.1, 0.15) is 17.0 Å². The Labute approximate surface area is 575 Å². The summed E-state index contributed by atoms with van der Waals surface area (Å²) in [7, 11) is 0.